The summed E-state index contributed by atoms with van der Waals surface area (Å²) in [5.41, 5.74) is 0.664. The summed E-state index contributed by atoms with van der Waals surface area (Å²) < 4.78 is 27.8. The van der Waals surface area contributed by atoms with E-state index in [4.69, 9.17) is 23.7 Å². The van der Waals surface area contributed by atoms with Gasteiger partial charge in [0.1, 0.15) is 42.7 Å². The van der Waals surface area contributed by atoms with Crippen LogP contribution in [0.25, 0.3) is 0 Å². The molecule has 0 radical (unpaired) electrons. The maximum Gasteiger partial charge on any atom is 0.187 e. The predicted octanol–water partition coefficient (Wildman–Crippen LogP) is -2.04. The first kappa shape index (κ1) is 26.0. The fourth-order valence-electron chi connectivity index (χ4n) is 3.92. The number of aliphatic hydroxyl groups excluding tert-OH is 5. The van der Waals surface area contributed by atoms with Crippen molar-refractivity contribution in [1.29, 1.82) is 0 Å². The molecule has 1 aromatic carbocycles. The van der Waals surface area contributed by atoms with Crippen LogP contribution >= 0.6 is 0 Å². The van der Waals surface area contributed by atoms with Crippen molar-refractivity contribution >= 4 is 0 Å². The fourth-order valence-corrected chi connectivity index (χ4v) is 3.92. The minimum atomic E-state index is -1.60. The Bertz CT molecular complexity index is 763. The van der Waals surface area contributed by atoms with E-state index in [1.807, 2.05) is 0 Å². The monoisotopic (exact) mass is 476 g/mol. The topological polar surface area (TPSA) is 188 Å². The third-order valence-electron chi connectivity index (χ3n) is 5.88. The van der Waals surface area contributed by atoms with E-state index in [0.29, 0.717) is 12.0 Å². The highest BCUT2D eigenvalue weighted by Gasteiger charge is 2.51. The first-order chi connectivity index (χ1) is 15.7. The lowest BCUT2D eigenvalue weighted by molar-refractivity contribution is -0.359. The van der Waals surface area contributed by atoms with Gasteiger partial charge < -0.3 is 59.4 Å². The van der Waals surface area contributed by atoms with Gasteiger partial charge in [-0.15, -0.1) is 0 Å². The van der Waals surface area contributed by atoms with Crippen LogP contribution in [-0.2, 0) is 30.1 Å². The molecule has 0 aromatic heterocycles. The number of aliphatic hydroxyl groups is 5. The molecular formula is C21H32O12. The normalized spacial score (nSPS) is 39.5. The standard InChI is InChI=1S/C21H32O12/c1-9-14(25)15(26)16(27)21(31-9)33-19-17(28)20(32-13(8-22)18(19)29-2)30-6-5-10-3-4-11(23)12(24)7-10/h3-4,7,9,13-28H,5-6,8H2,1-2H3/t9-,13+,14-,15+,16+,17-,18+,19-,20+,21+/m0/s1. The lowest BCUT2D eigenvalue weighted by atomic mass is 9.97. The van der Waals surface area contributed by atoms with Gasteiger partial charge in [-0.05, 0) is 31.0 Å². The Balaban J connectivity index is 1.68. The molecule has 188 valence electrons. The highest BCUT2D eigenvalue weighted by Crippen LogP contribution is 2.31. The average molecular weight is 476 g/mol. The molecule has 2 saturated heterocycles. The summed E-state index contributed by atoms with van der Waals surface area (Å²) in [6.07, 6.45) is -12.1. The van der Waals surface area contributed by atoms with Crippen molar-refractivity contribution in [2.45, 2.75) is 74.8 Å². The summed E-state index contributed by atoms with van der Waals surface area (Å²) in [5.74, 6) is -0.521. The van der Waals surface area contributed by atoms with Crippen LogP contribution in [0, 0.1) is 0 Å². The number of hydrogen-bond donors (Lipinski definition) is 7. The van der Waals surface area contributed by atoms with Gasteiger partial charge >= 0.3 is 0 Å². The Morgan fingerprint density at radius 1 is 0.879 bits per heavy atom. The molecule has 0 saturated carbocycles. The minimum Gasteiger partial charge on any atom is -0.504 e. The van der Waals surface area contributed by atoms with Gasteiger partial charge in [-0.3, -0.25) is 0 Å². The summed E-state index contributed by atoms with van der Waals surface area (Å²) in [4.78, 5) is 0. The van der Waals surface area contributed by atoms with Gasteiger partial charge in [-0.1, -0.05) is 6.07 Å². The van der Waals surface area contributed by atoms with E-state index in [0.717, 1.165) is 0 Å². The minimum absolute atomic E-state index is 0.0545. The molecule has 12 heteroatoms. The van der Waals surface area contributed by atoms with E-state index in [-0.39, 0.29) is 18.1 Å². The van der Waals surface area contributed by atoms with E-state index < -0.39 is 68.0 Å². The molecule has 2 aliphatic heterocycles. The van der Waals surface area contributed by atoms with Crippen LogP contribution in [0.3, 0.4) is 0 Å². The molecule has 2 fully saturated rings. The molecule has 0 aliphatic carbocycles. The van der Waals surface area contributed by atoms with Crippen LogP contribution in [0.4, 0.5) is 0 Å². The first-order valence-corrected chi connectivity index (χ1v) is 10.6. The number of phenols is 2. The highest BCUT2D eigenvalue weighted by molar-refractivity contribution is 5.40. The van der Waals surface area contributed by atoms with E-state index >= 15 is 0 Å². The number of ether oxygens (including phenoxy) is 5. The van der Waals surface area contributed by atoms with Crippen molar-refractivity contribution in [3.8, 4) is 11.5 Å². The highest BCUT2D eigenvalue weighted by atomic mass is 16.7. The van der Waals surface area contributed by atoms with Crippen LogP contribution in [0.2, 0.25) is 0 Å². The molecule has 7 N–H and O–H groups in total. The number of methoxy groups -OCH3 is 1. The molecule has 2 heterocycles. The summed E-state index contributed by atoms with van der Waals surface area (Å²) in [7, 11) is 1.33. The zero-order valence-corrected chi connectivity index (χ0v) is 18.3. The Kier molecular flexibility index (Phi) is 8.86. The van der Waals surface area contributed by atoms with Crippen LogP contribution in [-0.4, -0.2) is 117 Å². The van der Waals surface area contributed by atoms with Crippen molar-refractivity contribution in [3.05, 3.63) is 23.8 Å². The van der Waals surface area contributed by atoms with Gasteiger partial charge in [0.05, 0.1) is 19.3 Å². The fraction of sp³-hybridized carbons (Fsp3) is 0.714. The third-order valence-corrected chi connectivity index (χ3v) is 5.88. The summed E-state index contributed by atoms with van der Waals surface area (Å²) >= 11 is 0. The molecule has 2 aliphatic rings. The second kappa shape index (κ2) is 11.2. The first-order valence-electron chi connectivity index (χ1n) is 10.6. The van der Waals surface area contributed by atoms with E-state index in [1.165, 1.54) is 26.2 Å². The van der Waals surface area contributed by atoms with Crippen molar-refractivity contribution in [3.63, 3.8) is 0 Å². The number of hydrogen-bond acceptors (Lipinski definition) is 12. The lowest BCUT2D eigenvalue weighted by Gasteiger charge is -2.46. The van der Waals surface area contributed by atoms with E-state index in [9.17, 15) is 35.7 Å². The largest absolute Gasteiger partial charge is 0.504 e. The van der Waals surface area contributed by atoms with Gasteiger partial charge in [0, 0.05) is 7.11 Å². The second-order valence-electron chi connectivity index (χ2n) is 8.14. The van der Waals surface area contributed by atoms with Crippen LogP contribution in [0.15, 0.2) is 18.2 Å². The van der Waals surface area contributed by atoms with E-state index in [2.05, 4.69) is 0 Å². The van der Waals surface area contributed by atoms with Gasteiger partial charge in [-0.2, -0.15) is 0 Å². The number of aromatic hydroxyl groups is 2. The second-order valence-corrected chi connectivity index (χ2v) is 8.14. The third kappa shape index (κ3) is 5.74. The van der Waals surface area contributed by atoms with Crippen LogP contribution in [0.5, 0.6) is 11.5 Å². The molecule has 0 unspecified atom stereocenters. The zero-order chi connectivity index (χ0) is 24.3. The van der Waals surface area contributed by atoms with Gasteiger partial charge in [0.2, 0.25) is 0 Å². The maximum absolute atomic E-state index is 10.9. The SMILES string of the molecule is CO[C@H]1[C@@H](O[C@H]2O[C@@H](C)[C@H](O)[C@@H](O)[C@H]2O)[C@H](O)[C@H](OCCc2ccc(O)c(O)c2)O[C@@H]1CO. The molecule has 10 atom stereocenters. The average Bonchev–Trinajstić information content (AvgIpc) is 2.80. The Labute approximate surface area is 190 Å². The Morgan fingerprint density at radius 3 is 2.24 bits per heavy atom. The zero-order valence-electron chi connectivity index (χ0n) is 18.3. The smallest absolute Gasteiger partial charge is 0.187 e. The Hall–Kier alpha value is -1.58. The molecule has 1 aromatic rings. The van der Waals surface area contributed by atoms with Crippen molar-refractivity contribution in [2.24, 2.45) is 0 Å². The molecule has 0 spiro atoms. The van der Waals surface area contributed by atoms with Crippen LogP contribution in [0.1, 0.15) is 12.5 Å². The molecule has 33 heavy (non-hydrogen) atoms. The van der Waals surface area contributed by atoms with Gasteiger partial charge in [0.25, 0.3) is 0 Å². The van der Waals surface area contributed by atoms with Crippen molar-refractivity contribution in [2.75, 3.05) is 20.3 Å². The summed E-state index contributed by atoms with van der Waals surface area (Å²) in [5, 5.41) is 69.8. The molecule has 0 bridgehead atoms. The quantitative estimate of drug-likeness (QED) is 0.204. The van der Waals surface area contributed by atoms with Gasteiger partial charge in [0.15, 0.2) is 24.1 Å². The van der Waals surface area contributed by atoms with E-state index in [1.54, 1.807) is 6.07 Å². The molecule has 12 nitrogen and oxygen atoms in total. The molecular weight excluding hydrogens is 444 g/mol. The summed E-state index contributed by atoms with van der Waals surface area (Å²) in [6, 6.07) is 4.32. The number of benzene rings is 1. The number of rotatable bonds is 8. The lowest BCUT2D eigenvalue weighted by Crippen LogP contribution is -2.64. The van der Waals surface area contributed by atoms with Crippen LogP contribution < -0.4 is 0 Å². The van der Waals surface area contributed by atoms with Gasteiger partial charge in [-0.25, -0.2) is 0 Å². The molecule has 3 rings (SSSR count). The molecule has 0 amide bonds. The van der Waals surface area contributed by atoms with Crippen molar-refractivity contribution < 1.29 is 59.4 Å². The predicted molar refractivity (Wildman–Crippen MR) is 109 cm³/mol. The number of phenolic OH excluding ortho intramolecular Hbond substituents is 2. The summed E-state index contributed by atoms with van der Waals surface area (Å²) in [6.45, 7) is 1.06. The van der Waals surface area contributed by atoms with Crippen molar-refractivity contribution in [1.82, 2.24) is 0 Å². The maximum atomic E-state index is 10.9. The Morgan fingerprint density at radius 2 is 1.61 bits per heavy atom.